The summed E-state index contributed by atoms with van der Waals surface area (Å²) in [7, 11) is 1.64. The van der Waals surface area contributed by atoms with Crippen molar-refractivity contribution in [3.63, 3.8) is 0 Å². The zero-order valence-corrected chi connectivity index (χ0v) is 23.5. The summed E-state index contributed by atoms with van der Waals surface area (Å²) in [5, 5.41) is 2.82. The second-order valence-electron chi connectivity index (χ2n) is 10.4. The Kier molecular flexibility index (Phi) is 11.7. The van der Waals surface area contributed by atoms with Gasteiger partial charge in [0.2, 0.25) is 0 Å². The number of nitrogens with one attached hydrogen (secondary N) is 1. The van der Waals surface area contributed by atoms with Gasteiger partial charge in [0.1, 0.15) is 18.5 Å². The lowest BCUT2D eigenvalue weighted by Crippen LogP contribution is -2.36. The molecule has 0 bridgehead atoms. The molecule has 2 fully saturated rings. The van der Waals surface area contributed by atoms with Crippen molar-refractivity contribution in [2.24, 2.45) is 0 Å². The Bertz CT molecular complexity index is 1070. The molecule has 2 aromatic carbocycles. The first-order valence-corrected chi connectivity index (χ1v) is 14.5. The van der Waals surface area contributed by atoms with Gasteiger partial charge >= 0.3 is 12.2 Å². The quantitative estimate of drug-likeness (QED) is 0.193. The lowest BCUT2D eigenvalue weighted by atomic mass is 10.1. The van der Waals surface area contributed by atoms with Crippen LogP contribution in [0.1, 0.15) is 62.5 Å². The molecule has 1 N–H and O–H groups in total. The van der Waals surface area contributed by atoms with Crippen LogP contribution in [0.15, 0.2) is 66.7 Å². The minimum Gasteiger partial charge on any atom is -0.497 e. The van der Waals surface area contributed by atoms with E-state index in [1.54, 1.807) is 12.0 Å². The molecule has 2 amide bonds. The molecule has 0 unspecified atom stereocenters. The van der Waals surface area contributed by atoms with E-state index in [-0.39, 0.29) is 30.4 Å². The van der Waals surface area contributed by atoms with Crippen molar-refractivity contribution in [3.05, 3.63) is 77.9 Å². The molecule has 2 heterocycles. The Morgan fingerprint density at radius 1 is 0.975 bits per heavy atom. The Morgan fingerprint density at radius 2 is 1.70 bits per heavy atom. The normalized spacial score (nSPS) is 20.0. The van der Waals surface area contributed by atoms with Gasteiger partial charge in [0.15, 0.2) is 6.10 Å². The summed E-state index contributed by atoms with van der Waals surface area (Å²) in [4.78, 5) is 26.0. The number of hydrogen-bond acceptors (Lipinski definition) is 6. The highest BCUT2D eigenvalue weighted by Gasteiger charge is 2.50. The topological polar surface area (TPSA) is 86.3 Å². The van der Waals surface area contributed by atoms with Crippen LogP contribution in [-0.2, 0) is 27.4 Å². The third kappa shape index (κ3) is 9.01. The molecule has 2 aromatic rings. The van der Waals surface area contributed by atoms with Crippen LogP contribution in [0.3, 0.4) is 0 Å². The van der Waals surface area contributed by atoms with E-state index in [1.807, 2.05) is 54.6 Å². The minimum atomic E-state index is -0.354. The first-order valence-electron chi connectivity index (χ1n) is 14.5. The number of benzene rings is 2. The molecule has 0 radical (unpaired) electrons. The number of nitrogens with zero attached hydrogens (tertiary/aromatic N) is 1. The fourth-order valence-electron chi connectivity index (χ4n) is 5.09. The molecule has 8 nitrogen and oxygen atoms in total. The number of allylic oxidation sites excluding steroid dienone is 1. The van der Waals surface area contributed by atoms with Gasteiger partial charge in [-0.05, 0) is 42.5 Å². The van der Waals surface area contributed by atoms with E-state index in [0.717, 1.165) is 42.6 Å². The number of alkyl carbamates (subject to hydrolysis) is 1. The second-order valence-corrected chi connectivity index (χ2v) is 10.4. The molecule has 3 atom stereocenters. The molecule has 4 rings (SSSR count). The molecule has 2 aliphatic heterocycles. The highest BCUT2D eigenvalue weighted by Crippen LogP contribution is 2.32. The fraction of sp³-hybridized carbons (Fsp3) is 0.500. The van der Waals surface area contributed by atoms with Gasteiger partial charge in [-0.25, -0.2) is 9.59 Å². The molecule has 8 heteroatoms. The zero-order valence-electron chi connectivity index (χ0n) is 23.5. The third-order valence-corrected chi connectivity index (χ3v) is 7.40. The van der Waals surface area contributed by atoms with E-state index in [9.17, 15) is 9.59 Å². The van der Waals surface area contributed by atoms with Gasteiger partial charge in [-0.3, -0.25) is 4.90 Å². The predicted molar refractivity (Wildman–Crippen MR) is 153 cm³/mol. The van der Waals surface area contributed by atoms with Crippen LogP contribution in [0, 0.1) is 0 Å². The largest absolute Gasteiger partial charge is 0.497 e. The zero-order chi connectivity index (χ0) is 28.0. The van der Waals surface area contributed by atoms with Crippen LogP contribution in [-0.4, -0.2) is 55.6 Å². The number of carbonyl (C=O) groups excluding carboxylic acids is 2. The van der Waals surface area contributed by atoms with Crippen LogP contribution in [0.4, 0.5) is 9.59 Å². The maximum Gasteiger partial charge on any atom is 0.410 e. The first-order chi connectivity index (χ1) is 19.6. The van der Waals surface area contributed by atoms with E-state index >= 15 is 0 Å². The monoisotopic (exact) mass is 550 g/mol. The maximum absolute atomic E-state index is 12.5. The first kappa shape index (κ1) is 29.5. The Hall–Kier alpha value is -3.52. The molecular weight excluding hydrogens is 508 g/mol. The molecule has 0 aliphatic carbocycles. The summed E-state index contributed by atoms with van der Waals surface area (Å²) >= 11 is 0. The molecule has 0 saturated carbocycles. The molecule has 2 saturated heterocycles. The number of methoxy groups -OCH3 is 1. The smallest absolute Gasteiger partial charge is 0.410 e. The van der Waals surface area contributed by atoms with E-state index < -0.39 is 0 Å². The Balaban J connectivity index is 1.000. The van der Waals surface area contributed by atoms with Crippen LogP contribution in [0.2, 0.25) is 0 Å². The highest BCUT2D eigenvalue weighted by molar-refractivity contribution is 5.71. The number of rotatable bonds is 16. The van der Waals surface area contributed by atoms with E-state index in [2.05, 4.69) is 17.5 Å². The number of amides is 2. The minimum absolute atomic E-state index is 0.0561. The van der Waals surface area contributed by atoms with Gasteiger partial charge in [0.25, 0.3) is 0 Å². The summed E-state index contributed by atoms with van der Waals surface area (Å²) in [6, 6.07) is 17.4. The standard InChI is InChI=1S/C32H42N2O6/c1-37-27-19-17-25(18-20-27)22-34-28-24-38-29(30(28)40-32(34)36)16-12-7-5-3-2-4-6-8-13-21-33-31(35)39-23-26-14-10-9-11-15-26/h9-12,14-20,28-30H,2-8,13,21-24H2,1H3,(H,33,35)/b16-12+/t28-,29-,30-/m0/s1. The highest BCUT2D eigenvalue weighted by atomic mass is 16.6. The number of fused-ring (bicyclic) bond motifs is 1. The Labute approximate surface area is 237 Å². The maximum atomic E-state index is 12.5. The fourth-order valence-corrected chi connectivity index (χ4v) is 5.09. The van der Waals surface area contributed by atoms with E-state index in [1.165, 1.54) is 25.7 Å². The van der Waals surface area contributed by atoms with Gasteiger partial charge in [-0.1, -0.05) is 86.7 Å². The number of hydrogen-bond donors (Lipinski definition) is 1. The molecule has 2 aliphatic rings. The average Bonchev–Trinajstić information content (AvgIpc) is 3.51. The van der Waals surface area contributed by atoms with Crippen LogP contribution in [0.25, 0.3) is 0 Å². The number of unbranched alkanes of at least 4 members (excludes halogenated alkanes) is 7. The summed E-state index contributed by atoms with van der Waals surface area (Å²) in [5.74, 6) is 0.795. The SMILES string of the molecule is COc1ccc(CN2C(=O)O[C@@H]3[C@H](/C=C/CCCCCCCCCNC(=O)OCc4ccccc4)OC[C@@H]32)cc1. The van der Waals surface area contributed by atoms with Gasteiger partial charge in [-0.15, -0.1) is 0 Å². The number of carbonyl (C=O) groups is 2. The molecule has 40 heavy (non-hydrogen) atoms. The van der Waals surface area contributed by atoms with Crippen molar-refractivity contribution in [3.8, 4) is 5.75 Å². The van der Waals surface area contributed by atoms with Crippen molar-refractivity contribution in [2.75, 3.05) is 20.3 Å². The molecule has 216 valence electrons. The Morgan fingerprint density at radius 3 is 2.45 bits per heavy atom. The van der Waals surface area contributed by atoms with Crippen molar-refractivity contribution < 1.29 is 28.5 Å². The molecule has 0 aromatic heterocycles. The van der Waals surface area contributed by atoms with Crippen LogP contribution >= 0.6 is 0 Å². The van der Waals surface area contributed by atoms with Gasteiger partial charge < -0.3 is 24.3 Å². The van der Waals surface area contributed by atoms with Gasteiger partial charge in [-0.2, -0.15) is 0 Å². The summed E-state index contributed by atoms with van der Waals surface area (Å²) < 4.78 is 22.1. The second kappa shape index (κ2) is 15.9. The van der Waals surface area contributed by atoms with Crippen LogP contribution in [0.5, 0.6) is 5.75 Å². The number of ether oxygens (including phenoxy) is 4. The van der Waals surface area contributed by atoms with Crippen molar-refractivity contribution in [1.82, 2.24) is 10.2 Å². The van der Waals surface area contributed by atoms with Crippen molar-refractivity contribution >= 4 is 12.2 Å². The lowest BCUT2D eigenvalue weighted by Gasteiger charge is -2.19. The van der Waals surface area contributed by atoms with E-state index in [4.69, 9.17) is 18.9 Å². The van der Waals surface area contributed by atoms with Gasteiger partial charge in [0, 0.05) is 13.1 Å². The summed E-state index contributed by atoms with van der Waals surface area (Å²) in [6.45, 7) is 1.94. The predicted octanol–water partition coefficient (Wildman–Crippen LogP) is 6.39. The van der Waals surface area contributed by atoms with E-state index in [0.29, 0.717) is 26.3 Å². The molecule has 0 spiro atoms. The third-order valence-electron chi connectivity index (χ3n) is 7.40. The van der Waals surface area contributed by atoms with Crippen LogP contribution < -0.4 is 10.1 Å². The van der Waals surface area contributed by atoms with Gasteiger partial charge in [0.05, 0.1) is 19.8 Å². The molecular formula is C32H42N2O6. The van der Waals surface area contributed by atoms with Crippen molar-refractivity contribution in [2.45, 2.75) is 82.8 Å². The summed E-state index contributed by atoms with van der Waals surface area (Å²) in [5.41, 5.74) is 2.02. The lowest BCUT2D eigenvalue weighted by molar-refractivity contribution is 0.0537. The van der Waals surface area contributed by atoms with Crippen molar-refractivity contribution in [1.29, 1.82) is 0 Å². The summed E-state index contributed by atoms with van der Waals surface area (Å²) in [6.07, 6.45) is 12.2. The average molecular weight is 551 g/mol.